The molecule has 0 aliphatic heterocycles. The number of allylic oxidation sites excluding steroid dienone is 4. The Balaban J connectivity index is 0. The largest absolute Gasteiger partial charge is 0.486 e. The molecule has 0 fully saturated rings. The Morgan fingerprint density at radius 1 is 1.19 bits per heavy atom. The van der Waals surface area contributed by atoms with Crippen LogP contribution in [0.2, 0.25) is 0 Å². The van der Waals surface area contributed by atoms with Crippen LogP contribution in [0.25, 0.3) is 0 Å². The number of ether oxygens (including phenoxy) is 2. The molecule has 0 aromatic rings. The van der Waals surface area contributed by atoms with Gasteiger partial charge in [0, 0.05) is 24.1 Å². The zero-order valence-corrected chi connectivity index (χ0v) is 18.9. The van der Waals surface area contributed by atoms with Crippen LogP contribution in [0.5, 0.6) is 0 Å². The molecule has 2 radical (unpaired) electrons. The van der Waals surface area contributed by atoms with Gasteiger partial charge in [-0.1, -0.05) is 46.4 Å². The predicted octanol–water partition coefficient (Wildman–Crippen LogP) is 4.91. The van der Waals surface area contributed by atoms with Crippen molar-refractivity contribution in [2.24, 2.45) is 5.41 Å². The molecule has 0 rings (SSSR count). The number of rotatable bonds is 11. The van der Waals surface area contributed by atoms with Gasteiger partial charge in [0.25, 0.3) is 0 Å². The minimum absolute atomic E-state index is 0.133. The Morgan fingerprint density at radius 2 is 1.74 bits per heavy atom. The lowest BCUT2D eigenvalue weighted by Gasteiger charge is -2.44. The lowest BCUT2D eigenvalue weighted by molar-refractivity contribution is -0.134. The van der Waals surface area contributed by atoms with Gasteiger partial charge in [-0.2, -0.15) is 0 Å². The minimum Gasteiger partial charge on any atom is -0.486 e. The van der Waals surface area contributed by atoms with E-state index in [2.05, 4.69) is 11.9 Å². The molecular formula is C22H40BNO3. The first kappa shape index (κ1) is 27.7. The molecule has 0 aliphatic rings. The van der Waals surface area contributed by atoms with E-state index in [9.17, 15) is 4.79 Å². The highest BCUT2D eigenvalue weighted by Crippen LogP contribution is 2.29. The highest BCUT2D eigenvalue weighted by atomic mass is 16.5. The number of carbonyl (C=O) groups excluding carboxylic acids is 1. The van der Waals surface area contributed by atoms with Crippen LogP contribution in [0.3, 0.4) is 0 Å². The molecule has 1 amide bonds. The highest BCUT2D eigenvalue weighted by molar-refractivity contribution is 6.17. The average Bonchev–Trinajstić information content (AvgIpc) is 2.59. The van der Waals surface area contributed by atoms with Crippen LogP contribution in [0.1, 0.15) is 68.7 Å². The van der Waals surface area contributed by atoms with Gasteiger partial charge in [-0.05, 0) is 53.2 Å². The second-order valence-electron chi connectivity index (χ2n) is 7.40. The Bertz CT molecular complexity index is 506. The molecule has 0 saturated carbocycles. The lowest BCUT2D eigenvalue weighted by atomic mass is 9.67. The van der Waals surface area contributed by atoms with Crippen LogP contribution in [-0.2, 0) is 14.3 Å². The number of amides is 1. The zero-order valence-electron chi connectivity index (χ0n) is 18.9. The molecule has 0 aromatic carbocycles. The molecule has 0 spiro atoms. The first-order valence-corrected chi connectivity index (χ1v) is 9.77. The third-order valence-electron chi connectivity index (χ3n) is 4.34. The van der Waals surface area contributed by atoms with Gasteiger partial charge in [-0.25, -0.2) is 0 Å². The van der Waals surface area contributed by atoms with E-state index in [1.165, 1.54) is 0 Å². The van der Waals surface area contributed by atoms with E-state index in [-0.39, 0.29) is 5.91 Å². The maximum atomic E-state index is 12.7. The third-order valence-corrected chi connectivity index (χ3v) is 4.34. The Morgan fingerprint density at radius 3 is 2.19 bits per heavy atom. The molecule has 154 valence electrons. The minimum atomic E-state index is -1.08. The van der Waals surface area contributed by atoms with Crippen LogP contribution in [0.4, 0.5) is 0 Å². The van der Waals surface area contributed by atoms with Crippen LogP contribution < -0.4 is 5.32 Å². The number of hydrogen-bond acceptors (Lipinski definition) is 3. The van der Waals surface area contributed by atoms with E-state index < -0.39 is 16.5 Å². The second kappa shape index (κ2) is 12.8. The van der Waals surface area contributed by atoms with Crippen molar-refractivity contribution in [1.29, 1.82) is 0 Å². The van der Waals surface area contributed by atoms with E-state index in [1.807, 2.05) is 67.5 Å². The summed E-state index contributed by atoms with van der Waals surface area (Å²) >= 11 is 0. The summed E-state index contributed by atoms with van der Waals surface area (Å²) in [5.41, 5.74) is -2.51. The van der Waals surface area contributed by atoms with Crippen molar-refractivity contribution in [2.45, 2.75) is 79.8 Å². The number of carbonyl (C=O) groups is 1. The van der Waals surface area contributed by atoms with Crippen LogP contribution in [-0.4, -0.2) is 38.0 Å². The smallest absolute Gasteiger partial charge is 0.225 e. The van der Waals surface area contributed by atoms with Crippen molar-refractivity contribution in [3.8, 4) is 0 Å². The molecule has 0 saturated heterocycles. The van der Waals surface area contributed by atoms with Gasteiger partial charge >= 0.3 is 0 Å². The van der Waals surface area contributed by atoms with Crippen LogP contribution in [0, 0.1) is 5.41 Å². The molecule has 27 heavy (non-hydrogen) atoms. The van der Waals surface area contributed by atoms with E-state index in [0.717, 1.165) is 0 Å². The van der Waals surface area contributed by atoms with Gasteiger partial charge in [-0.3, -0.25) is 4.79 Å². The molecule has 4 nitrogen and oxygen atoms in total. The molecule has 1 unspecified atom stereocenters. The summed E-state index contributed by atoms with van der Waals surface area (Å²) in [4.78, 5) is 12.7. The van der Waals surface area contributed by atoms with Gasteiger partial charge in [0.15, 0.2) is 0 Å². The molecule has 0 aromatic heterocycles. The second-order valence-corrected chi connectivity index (χ2v) is 7.40. The fraction of sp³-hybridized carbons (Fsp3) is 0.682. The molecule has 0 heterocycles. The zero-order chi connectivity index (χ0) is 21.7. The summed E-state index contributed by atoms with van der Waals surface area (Å²) < 4.78 is 11.4. The monoisotopic (exact) mass is 377 g/mol. The van der Waals surface area contributed by atoms with Gasteiger partial charge in [0.2, 0.25) is 5.91 Å². The standard InChI is InChI=1S/C20H34BNO3.C2H6/c1-9-12-13-16(10-2)25-19(6,7)20(8,21)22-17(23)18(4,5)14-15-24-11-3;1-2/h9-10,12-13H,2,11,14-15H2,1,3-8H3,(H,22,23);1-2H3/b12-9-,16-13+;. The Hall–Kier alpha value is -1.49. The van der Waals surface area contributed by atoms with Gasteiger partial charge in [0.05, 0.1) is 0 Å². The van der Waals surface area contributed by atoms with Crippen molar-refractivity contribution in [3.05, 3.63) is 36.6 Å². The maximum Gasteiger partial charge on any atom is 0.225 e. The fourth-order valence-electron chi connectivity index (χ4n) is 1.88. The molecule has 0 bridgehead atoms. The molecular weight excluding hydrogens is 337 g/mol. The topological polar surface area (TPSA) is 47.6 Å². The Kier molecular flexibility index (Phi) is 13.2. The highest BCUT2D eigenvalue weighted by Gasteiger charge is 2.42. The molecule has 5 heteroatoms. The van der Waals surface area contributed by atoms with Gasteiger partial charge in [-0.15, -0.1) is 0 Å². The normalized spacial score (nSPS) is 14.8. The van der Waals surface area contributed by atoms with E-state index in [4.69, 9.17) is 17.3 Å². The van der Waals surface area contributed by atoms with E-state index in [1.54, 1.807) is 19.1 Å². The van der Waals surface area contributed by atoms with E-state index in [0.29, 0.717) is 25.4 Å². The number of nitrogens with one attached hydrogen (secondary N) is 1. The molecule has 0 aliphatic carbocycles. The first-order valence-electron chi connectivity index (χ1n) is 9.77. The summed E-state index contributed by atoms with van der Waals surface area (Å²) in [6.07, 6.45) is 7.79. The summed E-state index contributed by atoms with van der Waals surface area (Å²) in [7, 11) is 6.41. The molecule has 1 atom stereocenters. The Labute approximate surface area is 168 Å². The van der Waals surface area contributed by atoms with Gasteiger partial charge in [0.1, 0.15) is 19.2 Å². The summed E-state index contributed by atoms with van der Waals surface area (Å²) in [5, 5.41) is 2.93. The summed E-state index contributed by atoms with van der Waals surface area (Å²) in [6, 6.07) is 0. The first-order chi connectivity index (χ1) is 12.4. The van der Waals surface area contributed by atoms with Crippen molar-refractivity contribution in [1.82, 2.24) is 5.32 Å². The van der Waals surface area contributed by atoms with Crippen LogP contribution in [0.15, 0.2) is 36.6 Å². The average molecular weight is 377 g/mol. The third kappa shape index (κ3) is 9.85. The number of hydrogen-bond donors (Lipinski definition) is 1. The van der Waals surface area contributed by atoms with Crippen molar-refractivity contribution in [2.75, 3.05) is 13.2 Å². The SMILES string of the molecule is CC.[B]C(C)(NC(=O)C(C)(C)CCOCC)C(C)(C)O/C(C=C)=C/C=C\C. The maximum absolute atomic E-state index is 12.7. The van der Waals surface area contributed by atoms with Crippen molar-refractivity contribution in [3.63, 3.8) is 0 Å². The quantitative estimate of drug-likeness (QED) is 0.241. The summed E-state index contributed by atoms with van der Waals surface area (Å²) in [5.74, 6) is 0.455. The predicted molar refractivity (Wildman–Crippen MR) is 117 cm³/mol. The summed E-state index contributed by atoms with van der Waals surface area (Å²) in [6.45, 7) is 22.0. The fourth-order valence-corrected chi connectivity index (χ4v) is 1.88. The van der Waals surface area contributed by atoms with Crippen LogP contribution >= 0.6 is 0 Å². The van der Waals surface area contributed by atoms with Gasteiger partial charge < -0.3 is 14.8 Å². The molecule has 1 N–H and O–H groups in total. The van der Waals surface area contributed by atoms with Crippen molar-refractivity contribution >= 4 is 13.8 Å². The van der Waals surface area contributed by atoms with Crippen molar-refractivity contribution < 1.29 is 14.3 Å². The van der Waals surface area contributed by atoms with E-state index >= 15 is 0 Å². The lowest BCUT2D eigenvalue weighted by Crippen LogP contribution is -2.63.